The number of ether oxygens (including phenoxy) is 2. The molecule has 0 radical (unpaired) electrons. The fraction of sp³-hybridized carbons (Fsp3) is 0.300. The number of hydrogen-bond donors (Lipinski definition) is 3. The lowest BCUT2D eigenvalue weighted by molar-refractivity contribution is -0.119. The van der Waals surface area contributed by atoms with E-state index in [4.69, 9.17) is 9.47 Å². The summed E-state index contributed by atoms with van der Waals surface area (Å²) in [5, 5.41) is 9.09. The Morgan fingerprint density at radius 3 is 2.57 bits per heavy atom. The average molecular weight is 496 g/mol. The van der Waals surface area contributed by atoms with Crippen LogP contribution in [0.2, 0.25) is 0 Å². The minimum atomic E-state index is -0.0723. The second-order valence-electron chi connectivity index (χ2n) is 6.05. The van der Waals surface area contributed by atoms with Crippen molar-refractivity contribution in [2.45, 2.75) is 13.0 Å². The molecule has 1 heterocycles. The Labute approximate surface area is 181 Å². The normalized spacial score (nSPS) is 12.1. The third-order valence-electron chi connectivity index (χ3n) is 4.12. The summed E-state index contributed by atoms with van der Waals surface area (Å²) in [6, 6.07) is 15.8. The van der Waals surface area contributed by atoms with Crippen molar-refractivity contribution in [2.24, 2.45) is 4.99 Å². The van der Waals surface area contributed by atoms with E-state index in [1.54, 1.807) is 7.05 Å². The van der Waals surface area contributed by atoms with Crippen molar-refractivity contribution in [1.29, 1.82) is 0 Å². The lowest BCUT2D eigenvalue weighted by atomic mass is 10.1. The largest absolute Gasteiger partial charge is 0.454 e. The van der Waals surface area contributed by atoms with Gasteiger partial charge in [-0.2, -0.15) is 0 Å². The summed E-state index contributed by atoms with van der Waals surface area (Å²) >= 11 is 0. The van der Waals surface area contributed by atoms with Crippen molar-refractivity contribution in [3.8, 4) is 11.5 Å². The number of guanidine groups is 1. The number of benzene rings is 2. The van der Waals surface area contributed by atoms with Crippen molar-refractivity contribution in [3.63, 3.8) is 0 Å². The number of hydrogen-bond acceptors (Lipinski definition) is 4. The zero-order valence-corrected chi connectivity index (χ0v) is 18.1. The number of amides is 1. The summed E-state index contributed by atoms with van der Waals surface area (Å²) in [4.78, 5) is 16.1. The highest BCUT2D eigenvalue weighted by atomic mass is 127. The molecule has 3 N–H and O–H groups in total. The van der Waals surface area contributed by atoms with E-state index in [0.717, 1.165) is 23.5 Å². The predicted octanol–water partition coefficient (Wildman–Crippen LogP) is 2.06. The van der Waals surface area contributed by atoms with Crippen LogP contribution in [-0.2, 0) is 17.8 Å². The molecule has 28 heavy (non-hydrogen) atoms. The lowest BCUT2D eigenvalue weighted by Gasteiger charge is -2.12. The van der Waals surface area contributed by atoms with Crippen LogP contribution in [0.3, 0.4) is 0 Å². The molecule has 0 atom stereocenters. The predicted molar refractivity (Wildman–Crippen MR) is 119 cm³/mol. The van der Waals surface area contributed by atoms with Gasteiger partial charge < -0.3 is 25.4 Å². The van der Waals surface area contributed by atoms with E-state index in [2.05, 4.69) is 20.9 Å². The molecule has 1 amide bonds. The van der Waals surface area contributed by atoms with Gasteiger partial charge in [-0.25, -0.2) is 0 Å². The Morgan fingerprint density at radius 1 is 1.00 bits per heavy atom. The second-order valence-corrected chi connectivity index (χ2v) is 6.05. The zero-order valence-electron chi connectivity index (χ0n) is 15.7. The minimum Gasteiger partial charge on any atom is -0.454 e. The Bertz CT molecular complexity index is 799. The molecule has 1 aliphatic heterocycles. The van der Waals surface area contributed by atoms with Crippen molar-refractivity contribution < 1.29 is 14.3 Å². The fourth-order valence-corrected chi connectivity index (χ4v) is 2.67. The van der Waals surface area contributed by atoms with Crippen LogP contribution in [0.1, 0.15) is 11.1 Å². The van der Waals surface area contributed by atoms with Crippen LogP contribution >= 0.6 is 24.0 Å². The maximum atomic E-state index is 12.0. The standard InChI is InChI=1S/C20H24N4O3.HI/c1-21-20(23-12-16-7-8-17-18(11-16)27-14-26-17)24-13-19(25)22-10-9-15-5-3-2-4-6-15;/h2-8,11H,9-10,12-14H2,1H3,(H,22,25)(H2,21,23,24);1H. The van der Waals surface area contributed by atoms with E-state index < -0.39 is 0 Å². The number of carbonyl (C=O) groups excluding carboxylic acids is 1. The second kappa shape index (κ2) is 11.4. The molecule has 0 bridgehead atoms. The van der Waals surface area contributed by atoms with Crippen LogP contribution in [-0.4, -0.2) is 38.8 Å². The van der Waals surface area contributed by atoms with Gasteiger partial charge in [0, 0.05) is 20.1 Å². The zero-order chi connectivity index (χ0) is 18.9. The molecule has 150 valence electrons. The van der Waals surface area contributed by atoms with Crippen LogP contribution in [0.25, 0.3) is 0 Å². The number of rotatable bonds is 7. The highest BCUT2D eigenvalue weighted by Crippen LogP contribution is 2.32. The molecule has 1 aliphatic rings. The SMILES string of the molecule is CN=C(NCC(=O)NCCc1ccccc1)NCc1ccc2c(c1)OCO2.I. The molecule has 2 aromatic rings. The molecule has 0 saturated carbocycles. The molecular weight excluding hydrogens is 471 g/mol. The molecular formula is C20H25IN4O3. The molecule has 0 unspecified atom stereocenters. The number of fused-ring (bicyclic) bond motifs is 1. The van der Waals surface area contributed by atoms with Crippen molar-refractivity contribution in [2.75, 3.05) is 26.9 Å². The van der Waals surface area contributed by atoms with Crippen LogP contribution in [0.4, 0.5) is 0 Å². The molecule has 0 aliphatic carbocycles. The minimum absolute atomic E-state index is 0. The smallest absolute Gasteiger partial charge is 0.239 e. The first-order chi connectivity index (χ1) is 13.2. The Kier molecular flexibility index (Phi) is 8.86. The molecule has 0 saturated heterocycles. The first-order valence-corrected chi connectivity index (χ1v) is 8.88. The summed E-state index contributed by atoms with van der Waals surface area (Å²) in [7, 11) is 1.67. The molecule has 7 nitrogen and oxygen atoms in total. The van der Waals surface area contributed by atoms with E-state index in [1.807, 2.05) is 48.5 Å². The highest BCUT2D eigenvalue weighted by molar-refractivity contribution is 14.0. The van der Waals surface area contributed by atoms with Gasteiger partial charge in [0.15, 0.2) is 17.5 Å². The first kappa shape index (κ1) is 21.8. The van der Waals surface area contributed by atoms with E-state index in [-0.39, 0.29) is 43.2 Å². The van der Waals surface area contributed by atoms with Crippen LogP contribution in [0, 0.1) is 0 Å². The van der Waals surface area contributed by atoms with Gasteiger partial charge in [0.05, 0.1) is 6.54 Å². The summed E-state index contributed by atoms with van der Waals surface area (Å²) < 4.78 is 10.7. The van der Waals surface area contributed by atoms with Gasteiger partial charge in [-0.05, 0) is 29.7 Å². The van der Waals surface area contributed by atoms with Gasteiger partial charge in [-0.3, -0.25) is 9.79 Å². The molecule has 0 aromatic heterocycles. The van der Waals surface area contributed by atoms with Crippen LogP contribution < -0.4 is 25.4 Å². The third kappa shape index (κ3) is 6.59. The molecule has 2 aromatic carbocycles. The van der Waals surface area contributed by atoms with Gasteiger partial charge in [0.1, 0.15) is 0 Å². The van der Waals surface area contributed by atoms with Gasteiger partial charge in [0.25, 0.3) is 0 Å². The Balaban J connectivity index is 0.00000280. The first-order valence-electron chi connectivity index (χ1n) is 8.88. The molecule has 0 spiro atoms. The van der Waals surface area contributed by atoms with Gasteiger partial charge >= 0.3 is 0 Å². The number of aliphatic imine (C=N–C) groups is 1. The molecule has 8 heteroatoms. The number of halogens is 1. The summed E-state index contributed by atoms with van der Waals surface area (Å²) in [5.74, 6) is 1.99. The topological polar surface area (TPSA) is 84.0 Å². The van der Waals surface area contributed by atoms with Gasteiger partial charge in [0.2, 0.25) is 12.7 Å². The quantitative estimate of drug-likeness (QED) is 0.311. The van der Waals surface area contributed by atoms with Gasteiger partial charge in [-0.15, -0.1) is 24.0 Å². The van der Waals surface area contributed by atoms with E-state index in [1.165, 1.54) is 5.56 Å². The molecule has 3 rings (SSSR count). The number of nitrogens with one attached hydrogen (secondary N) is 3. The van der Waals surface area contributed by atoms with Crippen LogP contribution in [0.5, 0.6) is 11.5 Å². The third-order valence-corrected chi connectivity index (χ3v) is 4.12. The summed E-state index contributed by atoms with van der Waals surface area (Å²) in [6.45, 7) is 1.59. The van der Waals surface area contributed by atoms with E-state index >= 15 is 0 Å². The Hall–Kier alpha value is -2.49. The van der Waals surface area contributed by atoms with Crippen molar-refractivity contribution in [3.05, 3.63) is 59.7 Å². The summed E-state index contributed by atoms with van der Waals surface area (Å²) in [6.07, 6.45) is 0.809. The van der Waals surface area contributed by atoms with E-state index in [9.17, 15) is 4.79 Å². The monoisotopic (exact) mass is 496 g/mol. The summed E-state index contributed by atoms with van der Waals surface area (Å²) in [5.41, 5.74) is 2.24. The number of carbonyl (C=O) groups is 1. The van der Waals surface area contributed by atoms with Crippen molar-refractivity contribution >= 4 is 35.8 Å². The maximum absolute atomic E-state index is 12.0. The highest BCUT2D eigenvalue weighted by Gasteiger charge is 2.13. The lowest BCUT2D eigenvalue weighted by Crippen LogP contribution is -2.43. The van der Waals surface area contributed by atoms with Crippen LogP contribution in [0.15, 0.2) is 53.5 Å². The van der Waals surface area contributed by atoms with Gasteiger partial charge in [-0.1, -0.05) is 36.4 Å². The average Bonchev–Trinajstić information content (AvgIpc) is 3.17. The van der Waals surface area contributed by atoms with E-state index in [0.29, 0.717) is 19.0 Å². The van der Waals surface area contributed by atoms with Crippen molar-refractivity contribution in [1.82, 2.24) is 16.0 Å². The number of nitrogens with zero attached hydrogens (tertiary/aromatic N) is 1. The fourth-order valence-electron chi connectivity index (χ4n) is 2.67. The molecule has 0 fully saturated rings. The maximum Gasteiger partial charge on any atom is 0.239 e. The Morgan fingerprint density at radius 2 is 1.79 bits per heavy atom.